The summed E-state index contributed by atoms with van der Waals surface area (Å²) in [6.45, 7) is 3.07. The van der Waals surface area contributed by atoms with Gasteiger partial charge in [-0.1, -0.05) is 36.9 Å². The molecule has 0 bridgehead atoms. The number of esters is 1. The van der Waals surface area contributed by atoms with E-state index in [1.54, 1.807) is 12.1 Å². The van der Waals surface area contributed by atoms with Crippen molar-refractivity contribution in [3.63, 3.8) is 0 Å². The molecule has 0 atom stereocenters. The Labute approximate surface area is 121 Å². The normalized spacial score (nSPS) is 9.38. The summed E-state index contributed by atoms with van der Waals surface area (Å²) < 4.78 is 9.27. The average molecular weight is 292 g/mol. The molecule has 0 heterocycles. The van der Waals surface area contributed by atoms with Crippen molar-refractivity contribution < 1.29 is 23.9 Å². The van der Waals surface area contributed by atoms with Crippen LogP contribution in [-0.4, -0.2) is 31.6 Å². The van der Waals surface area contributed by atoms with Gasteiger partial charge in [-0.3, -0.25) is 4.79 Å². The van der Waals surface area contributed by atoms with Gasteiger partial charge in [0.2, 0.25) is 5.91 Å². The number of benzene rings is 1. The van der Waals surface area contributed by atoms with Crippen LogP contribution in [0.25, 0.3) is 0 Å². The number of methoxy groups -OCH3 is 1. The van der Waals surface area contributed by atoms with Gasteiger partial charge >= 0.3 is 12.1 Å². The molecule has 1 aromatic rings. The lowest BCUT2D eigenvalue weighted by atomic mass is 10.2. The summed E-state index contributed by atoms with van der Waals surface area (Å²) in [7, 11) is 1.17. The minimum Gasteiger partial charge on any atom is -0.464 e. The molecule has 0 unspecified atom stereocenters. The monoisotopic (exact) mass is 292 g/mol. The van der Waals surface area contributed by atoms with Gasteiger partial charge in [0, 0.05) is 0 Å². The Bertz CT molecular complexity index is 527. The van der Waals surface area contributed by atoms with E-state index in [9.17, 15) is 14.4 Å². The second kappa shape index (κ2) is 8.36. The lowest BCUT2D eigenvalue weighted by molar-refractivity contribution is -0.137. The van der Waals surface area contributed by atoms with Crippen LogP contribution in [0.3, 0.4) is 0 Å². The summed E-state index contributed by atoms with van der Waals surface area (Å²) in [6, 6.07) is 9.10. The van der Waals surface area contributed by atoms with Crippen molar-refractivity contribution in [3.05, 3.63) is 48.2 Å². The zero-order chi connectivity index (χ0) is 15.7. The molecule has 0 spiro atoms. The fraction of sp³-hybridized carbons (Fsp3) is 0.214. The molecule has 0 aromatic heterocycles. The topological polar surface area (TPSA) is 93.7 Å². The van der Waals surface area contributed by atoms with E-state index >= 15 is 0 Å². The molecule has 2 amide bonds. The van der Waals surface area contributed by atoms with Crippen molar-refractivity contribution in [2.75, 3.05) is 13.7 Å². The molecular formula is C14H16N2O5. The summed E-state index contributed by atoms with van der Waals surface area (Å²) in [5, 5.41) is 4.43. The number of ether oxygens (including phenoxy) is 2. The number of amides is 2. The van der Waals surface area contributed by atoms with Crippen LogP contribution in [0.15, 0.2) is 42.6 Å². The smallest absolute Gasteiger partial charge is 0.407 e. The van der Waals surface area contributed by atoms with Gasteiger partial charge < -0.3 is 20.1 Å². The first-order valence-electron chi connectivity index (χ1n) is 6.04. The average Bonchev–Trinajstić information content (AvgIpc) is 2.51. The van der Waals surface area contributed by atoms with Gasteiger partial charge in [-0.25, -0.2) is 9.59 Å². The lowest BCUT2D eigenvalue weighted by Gasteiger charge is -2.08. The first-order valence-corrected chi connectivity index (χ1v) is 6.04. The molecule has 0 radical (unpaired) electrons. The van der Waals surface area contributed by atoms with Crippen LogP contribution in [-0.2, 0) is 25.7 Å². The number of carbonyl (C=O) groups is 3. The summed E-state index contributed by atoms with van der Waals surface area (Å²) in [5.74, 6) is -1.36. The minimum absolute atomic E-state index is 0.100. The van der Waals surface area contributed by atoms with E-state index in [0.29, 0.717) is 0 Å². The van der Waals surface area contributed by atoms with Crippen molar-refractivity contribution >= 4 is 18.0 Å². The van der Waals surface area contributed by atoms with Crippen LogP contribution < -0.4 is 10.6 Å². The fourth-order valence-corrected chi connectivity index (χ4v) is 1.31. The molecule has 0 saturated heterocycles. The number of nitrogens with one attached hydrogen (secondary N) is 2. The molecule has 0 aliphatic rings. The number of hydrogen-bond donors (Lipinski definition) is 2. The third kappa shape index (κ3) is 6.24. The Kier molecular flexibility index (Phi) is 6.46. The van der Waals surface area contributed by atoms with E-state index in [1.165, 1.54) is 7.11 Å². The first-order chi connectivity index (χ1) is 10.0. The Morgan fingerprint density at radius 1 is 1.19 bits per heavy atom. The van der Waals surface area contributed by atoms with Gasteiger partial charge in [-0.2, -0.15) is 0 Å². The third-order valence-corrected chi connectivity index (χ3v) is 2.33. The van der Waals surface area contributed by atoms with Crippen LogP contribution in [0, 0.1) is 0 Å². The highest BCUT2D eigenvalue weighted by Gasteiger charge is 2.11. The number of carbonyl (C=O) groups excluding carboxylic acids is 3. The van der Waals surface area contributed by atoms with Gasteiger partial charge in [-0.15, -0.1) is 0 Å². The molecule has 0 aliphatic carbocycles. The number of rotatable bonds is 6. The molecule has 0 saturated carbocycles. The van der Waals surface area contributed by atoms with E-state index < -0.39 is 18.0 Å². The van der Waals surface area contributed by atoms with Crippen molar-refractivity contribution in [3.8, 4) is 0 Å². The van der Waals surface area contributed by atoms with Crippen LogP contribution in [0.1, 0.15) is 5.56 Å². The predicted octanol–water partition coefficient (Wildman–Crippen LogP) is 0.716. The highest BCUT2D eigenvalue weighted by Crippen LogP contribution is 2.00. The fourth-order valence-electron chi connectivity index (χ4n) is 1.31. The van der Waals surface area contributed by atoms with Gasteiger partial charge in [0.1, 0.15) is 18.8 Å². The third-order valence-electron chi connectivity index (χ3n) is 2.33. The molecule has 112 valence electrons. The largest absolute Gasteiger partial charge is 0.464 e. The van der Waals surface area contributed by atoms with Gasteiger partial charge in [0.15, 0.2) is 0 Å². The molecular weight excluding hydrogens is 276 g/mol. The van der Waals surface area contributed by atoms with Crippen molar-refractivity contribution in [2.24, 2.45) is 0 Å². The Morgan fingerprint density at radius 3 is 2.48 bits per heavy atom. The molecule has 1 rings (SSSR count). The summed E-state index contributed by atoms with van der Waals surface area (Å²) >= 11 is 0. The molecule has 0 aliphatic heterocycles. The SMILES string of the molecule is C=C(NC(=O)CNC(=O)OCc1ccccc1)C(=O)OC. The summed E-state index contributed by atoms with van der Waals surface area (Å²) in [5.41, 5.74) is 0.623. The van der Waals surface area contributed by atoms with E-state index in [-0.39, 0.29) is 18.8 Å². The molecule has 0 fully saturated rings. The molecule has 1 aromatic carbocycles. The maximum absolute atomic E-state index is 11.4. The van der Waals surface area contributed by atoms with Gasteiger partial charge in [0.05, 0.1) is 7.11 Å². The summed E-state index contributed by atoms with van der Waals surface area (Å²) in [4.78, 5) is 33.8. The molecule has 21 heavy (non-hydrogen) atoms. The predicted molar refractivity (Wildman–Crippen MR) is 73.9 cm³/mol. The van der Waals surface area contributed by atoms with Crippen LogP contribution in [0.4, 0.5) is 4.79 Å². The van der Waals surface area contributed by atoms with E-state index in [2.05, 4.69) is 21.9 Å². The van der Waals surface area contributed by atoms with Gasteiger partial charge in [0.25, 0.3) is 0 Å². The minimum atomic E-state index is -0.755. The van der Waals surface area contributed by atoms with E-state index in [0.717, 1.165) is 5.56 Å². The van der Waals surface area contributed by atoms with Gasteiger partial charge in [-0.05, 0) is 5.56 Å². The maximum atomic E-state index is 11.4. The molecule has 2 N–H and O–H groups in total. The van der Waals surface area contributed by atoms with E-state index in [1.807, 2.05) is 18.2 Å². The molecule has 7 nitrogen and oxygen atoms in total. The Hall–Kier alpha value is -2.83. The lowest BCUT2D eigenvalue weighted by Crippen LogP contribution is -2.38. The van der Waals surface area contributed by atoms with E-state index in [4.69, 9.17) is 4.74 Å². The first kappa shape index (κ1) is 16.2. The van der Waals surface area contributed by atoms with Crippen LogP contribution in [0.5, 0.6) is 0 Å². The number of hydrogen-bond acceptors (Lipinski definition) is 5. The number of alkyl carbamates (subject to hydrolysis) is 1. The quantitative estimate of drug-likeness (QED) is 0.595. The zero-order valence-corrected chi connectivity index (χ0v) is 11.5. The standard InChI is InChI=1S/C14H16N2O5/c1-10(13(18)20-2)16-12(17)8-15-14(19)21-9-11-6-4-3-5-7-11/h3-7H,1,8-9H2,2H3,(H,15,19)(H,16,17). The second-order valence-electron chi connectivity index (χ2n) is 3.93. The van der Waals surface area contributed by atoms with Crippen molar-refractivity contribution in [2.45, 2.75) is 6.61 Å². The van der Waals surface area contributed by atoms with Crippen molar-refractivity contribution in [1.82, 2.24) is 10.6 Å². The van der Waals surface area contributed by atoms with Crippen LogP contribution >= 0.6 is 0 Å². The maximum Gasteiger partial charge on any atom is 0.407 e. The Balaban J connectivity index is 2.25. The second-order valence-corrected chi connectivity index (χ2v) is 3.93. The zero-order valence-electron chi connectivity index (χ0n) is 11.5. The highest BCUT2D eigenvalue weighted by molar-refractivity contribution is 5.94. The summed E-state index contributed by atoms with van der Waals surface area (Å²) in [6.07, 6.45) is -0.738. The Morgan fingerprint density at radius 2 is 1.86 bits per heavy atom. The van der Waals surface area contributed by atoms with Crippen molar-refractivity contribution in [1.29, 1.82) is 0 Å². The molecule has 7 heteroatoms. The van der Waals surface area contributed by atoms with Crippen LogP contribution in [0.2, 0.25) is 0 Å². The highest BCUT2D eigenvalue weighted by atomic mass is 16.5.